The molecule has 28 heavy (non-hydrogen) atoms. The van der Waals surface area contributed by atoms with Crippen molar-refractivity contribution in [1.82, 2.24) is 10.2 Å². The number of halogens is 1. The Kier molecular flexibility index (Phi) is 8.87. The van der Waals surface area contributed by atoms with Crippen molar-refractivity contribution in [1.29, 1.82) is 0 Å². The summed E-state index contributed by atoms with van der Waals surface area (Å²) in [5, 5.41) is 3.25. The summed E-state index contributed by atoms with van der Waals surface area (Å²) in [5.41, 5.74) is 4.62. The number of nitrogens with zero attached hydrogens (tertiary/aromatic N) is 1. The van der Waals surface area contributed by atoms with Gasteiger partial charge in [0.25, 0.3) is 5.91 Å². The van der Waals surface area contributed by atoms with Crippen LogP contribution in [0.15, 0.2) is 47.4 Å². The van der Waals surface area contributed by atoms with Crippen LogP contribution in [-0.4, -0.2) is 37.5 Å². The lowest BCUT2D eigenvalue weighted by atomic mass is 9.97. The van der Waals surface area contributed by atoms with Crippen molar-refractivity contribution in [2.24, 2.45) is 5.92 Å². The molecule has 2 aromatic carbocycles. The highest BCUT2D eigenvalue weighted by molar-refractivity contribution is 7.98. The van der Waals surface area contributed by atoms with Gasteiger partial charge in [0.05, 0.1) is 0 Å². The lowest BCUT2D eigenvalue weighted by Gasteiger charge is -2.32. The van der Waals surface area contributed by atoms with Crippen LogP contribution in [0.25, 0.3) is 0 Å². The van der Waals surface area contributed by atoms with Crippen LogP contribution >= 0.6 is 24.2 Å². The molecule has 152 valence electrons. The molecule has 1 amide bonds. The number of piperidine rings is 1. The minimum Gasteiger partial charge on any atom is -0.338 e. The molecule has 0 radical (unpaired) electrons. The molecule has 1 saturated heterocycles. The summed E-state index contributed by atoms with van der Waals surface area (Å²) in [6, 6.07) is 14.7. The normalized spacial score (nSPS) is 16.5. The molecule has 1 aliphatic rings. The summed E-state index contributed by atoms with van der Waals surface area (Å²) in [7, 11) is 1.98. The Morgan fingerprint density at radius 1 is 1.21 bits per heavy atom. The van der Waals surface area contributed by atoms with Crippen molar-refractivity contribution in [2.45, 2.75) is 37.3 Å². The first-order chi connectivity index (χ1) is 13.1. The highest BCUT2D eigenvalue weighted by Crippen LogP contribution is 2.27. The Labute approximate surface area is 179 Å². The van der Waals surface area contributed by atoms with Gasteiger partial charge in [0, 0.05) is 29.3 Å². The van der Waals surface area contributed by atoms with Crippen molar-refractivity contribution in [3.05, 3.63) is 64.7 Å². The summed E-state index contributed by atoms with van der Waals surface area (Å²) in [4.78, 5) is 16.3. The zero-order valence-electron chi connectivity index (χ0n) is 17.0. The second-order valence-electron chi connectivity index (χ2n) is 7.58. The van der Waals surface area contributed by atoms with Crippen LogP contribution in [0, 0.1) is 19.8 Å². The zero-order valence-corrected chi connectivity index (χ0v) is 18.7. The van der Waals surface area contributed by atoms with Gasteiger partial charge in [0.1, 0.15) is 0 Å². The van der Waals surface area contributed by atoms with E-state index >= 15 is 0 Å². The fourth-order valence-corrected chi connectivity index (χ4v) is 4.77. The summed E-state index contributed by atoms with van der Waals surface area (Å²) in [6.07, 6.45) is 2.30. The van der Waals surface area contributed by atoms with Crippen LogP contribution in [-0.2, 0) is 5.75 Å². The molecule has 3 nitrogen and oxygen atoms in total. The van der Waals surface area contributed by atoms with E-state index in [1.807, 2.05) is 35.8 Å². The Balaban J connectivity index is 0.00000280. The van der Waals surface area contributed by atoms with Crippen LogP contribution in [0.3, 0.4) is 0 Å². The number of carbonyl (C=O) groups is 1. The number of amides is 1. The van der Waals surface area contributed by atoms with Crippen LogP contribution in [0.5, 0.6) is 0 Å². The van der Waals surface area contributed by atoms with Gasteiger partial charge in [-0.25, -0.2) is 0 Å². The SMILES string of the molecule is CNCC1CCCN(C(=O)c2cccc(CSc3cc(C)ccc3C)c2)C1.Cl. The number of rotatable bonds is 6. The van der Waals surface area contributed by atoms with E-state index in [0.717, 1.165) is 37.4 Å². The van der Waals surface area contributed by atoms with Crippen molar-refractivity contribution >= 4 is 30.1 Å². The smallest absolute Gasteiger partial charge is 0.253 e. The van der Waals surface area contributed by atoms with Gasteiger partial charge in [-0.1, -0.05) is 29.8 Å². The summed E-state index contributed by atoms with van der Waals surface area (Å²) < 4.78 is 0. The number of hydrogen-bond acceptors (Lipinski definition) is 3. The number of benzene rings is 2. The maximum absolute atomic E-state index is 13.0. The largest absolute Gasteiger partial charge is 0.338 e. The van der Waals surface area contributed by atoms with Gasteiger partial charge in [-0.2, -0.15) is 0 Å². The fourth-order valence-electron chi connectivity index (χ4n) is 3.71. The first kappa shape index (κ1) is 22.8. The van der Waals surface area contributed by atoms with E-state index in [9.17, 15) is 4.79 Å². The Bertz CT molecular complexity index is 794. The molecule has 0 bridgehead atoms. The van der Waals surface area contributed by atoms with Gasteiger partial charge >= 0.3 is 0 Å². The van der Waals surface area contributed by atoms with Crippen LogP contribution in [0.4, 0.5) is 0 Å². The van der Waals surface area contributed by atoms with E-state index < -0.39 is 0 Å². The van der Waals surface area contributed by atoms with Crippen LogP contribution in [0.2, 0.25) is 0 Å². The number of hydrogen-bond donors (Lipinski definition) is 1. The van der Waals surface area contributed by atoms with E-state index in [0.29, 0.717) is 5.92 Å². The Hall–Kier alpha value is -1.49. The van der Waals surface area contributed by atoms with Gasteiger partial charge in [0.2, 0.25) is 0 Å². The average molecular weight is 419 g/mol. The standard InChI is InChI=1S/C23H30N2OS.ClH/c1-17-9-10-18(2)22(12-17)27-16-19-6-4-8-21(13-19)23(26)25-11-5-7-20(15-25)14-24-3;/h4,6,8-10,12-13,20,24H,5,7,11,14-16H2,1-3H3;1H. The molecule has 3 rings (SSSR count). The van der Waals surface area contributed by atoms with E-state index in [-0.39, 0.29) is 18.3 Å². The molecule has 5 heteroatoms. The van der Waals surface area contributed by atoms with Crippen molar-refractivity contribution in [2.75, 3.05) is 26.7 Å². The predicted molar refractivity (Wildman–Crippen MR) is 122 cm³/mol. The third-order valence-electron chi connectivity index (χ3n) is 5.21. The van der Waals surface area contributed by atoms with Crippen molar-refractivity contribution in [3.63, 3.8) is 0 Å². The number of aryl methyl sites for hydroxylation is 2. The molecule has 0 spiro atoms. The third kappa shape index (κ3) is 6.00. The second-order valence-corrected chi connectivity index (χ2v) is 8.59. The summed E-state index contributed by atoms with van der Waals surface area (Å²) >= 11 is 1.84. The van der Waals surface area contributed by atoms with Crippen molar-refractivity contribution in [3.8, 4) is 0 Å². The Morgan fingerprint density at radius 3 is 2.82 bits per heavy atom. The minimum atomic E-state index is 0. The van der Waals surface area contributed by atoms with Gasteiger partial charge in [-0.15, -0.1) is 24.2 Å². The van der Waals surface area contributed by atoms with E-state index in [1.165, 1.54) is 28.0 Å². The molecule has 1 aliphatic heterocycles. The van der Waals surface area contributed by atoms with Crippen molar-refractivity contribution < 1.29 is 4.79 Å². The quantitative estimate of drug-likeness (QED) is 0.663. The van der Waals surface area contributed by atoms with Gasteiger partial charge in [0.15, 0.2) is 0 Å². The third-order valence-corrected chi connectivity index (χ3v) is 6.44. The van der Waals surface area contributed by atoms with Crippen LogP contribution < -0.4 is 5.32 Å². The highest BCUT2D eigenvalue weighted by Gasteiger charge is 2.24. The maximum atomic E-state index is 13.0. The molecule has 1 atom stereocenters. The number of likely N-dealkylation sites (tertiary alicyclic amines) is 1. The Morgan fingerprint density at radius 2 is 2.04 bits per heavy atom. The molecule has 1 heterocycles. The number of thioether (sulfide) groups is 1. The predicted octanol–water partition coefficient (Wildman–Crippen LogP) is 5.09. The maximum Gasteiger partial charge on any atom is 0.253 e. The average Bonchev–Trinajstić information content (AvgIpc) is 2.69. The topological polar surface area (TPSA) is 32.3 Å². The number of carbonyl (C=O) groups excluding carboxylic acids is 1. The molecule has 1 fully saturated rings. The molecule has 0 aromatic heterocycles. The molecule has 1 unspecified atom stereocenters. The van der Waals surface area contributed by atoms with E-state index in [1.54, 1.807) is 0 Å². The monoisotopic (exact) mass is 418 g/mol. The minimum absolute atomic E-state index is 0. The molecule has 1 N–H and O–H groups in total. The summed E-state index contributed by atoms with van der Waals surface area (Å²) in [6.45, 7) is 7.00. The second kappa shape index (κ2) is 10.9. The molecule has 2 aromatic rings. The molecular weight excluding hydrogens is 388 g/mol. The lowest BCUT2D eigenvalue weighted by molar-refractivity contribution is 0.0674. The summed E-state index contributed by atoms with van der Waals surface area (Å²) in [5.74, 6) is 1.62. The van der Waals surface area contributed by atoms with E-state index in [4.69, 9.17) is 0 Å². The zero-order chi connectivity index (χ0) is 19.2. The van der Waals surface area contributed by atoms with Gasteiger partial charge in [-0.05, 0) is 75.5 Å². The highest BCUT2D eigenvalue weighted by atomic mass is 35.5. The lowest BCUT2D eigenvalue weighted by Crippen LogP contribution is -2.42. The fraction of sp³-hybridized carbons (Fsp3) is 0.435. The first-order valence-corrected chi connectivity index (χ1v) is 10.8. The van der Waals surface area contributed by atoms with Gasteiger partial charge in [-0.3, -0.25) is 4.79 Å². The number of nitrogens with one attached hydrogen (secondary N) is 1. The molecular formula is C23H31ClN2OS. The van der Waals surface area contributed by atoms with Gasteiger partial charge < -0.3 is 10.2 Å². The molecule has 0 saturated carbocycles. The first-order valence-electron chi connectivity index (χ1n) is 9.79. The van der Waals surface area contributed by atoms with Crippen LogP contribution in [0.1, 0.15) is 39.9 Å². The molecule has 0 aliphatic carbocycles. The van der Waals surface area contributed by atoms with E-state index in [2.05, 4.69) is 49.5 Å².